The standard InChI is InChI=1S/C16H32N2/c1-3-5-6-7-11-18-14-16(15-18)8-12-17(10-4-2)13-9-16/h3-15H2,1-2H3. The van der Waals surface area contributed by atoms with Crippen LogP contribution in [-0.4, -0.2) is 49.1 Å². The van der Waals surface area contributed by atoms with E-state index in [1.165, 1.54) is 84.2 Å². The zero-order chi connectivity index (χ0) is 12.8. The third-order valence-corrected chi connectivity index (χ3v) is 4.90. The summed E-state index contributed by atoms with van der Waals surface area (Å²) >= 11 is 0. The molecule has 0 bridgehead atoms. The highest BCUT2D eigenvalue weighted by Crippen LogP contribution is 2.40. The summed E-state index contributed by atoms with van der Waals surface area (Å²) in [6.07, 6.45) is 9.87. The second-order valence-electron chi connectivity index (χ2n) is 6.61. The van der Waals surface area contributed by atoms with Crippen LogP contribution in [0.1, 0.15) is 58.8 Å². The summed E-state index contributed by atoms with van der Waals surface area (Å²) in [6.45, 7) is 12.8. The quantitative estimate of drug-likeness (QED) is 0.641. The number of unbranched alkanes of at least 4 members (excludes halogenated alkanes) is 3. The van der Waals surface area contributed by atoms with Gasteiger partial charge in [0.15, 0.2) is 0 Å². The molecule has 0 saturated carbocycles. The number of hydrogen-bond acceptors (Lipinski definition) is 2. The van der Waals surface area contributed by atoms with E-state index in [9.17, 15) is 0 Å². The molecule has 0 aromatic carbocycles. The lowest BCUT2D eigenvalue weighted by Gasteiger charge is -2.54. The molecule has 2 nitrogen and oxygen atoms in total. The fourth-order valence-corrected chi connectivity index (χ4v) is 3.71. The molecule has 2 aliphatic rings. The molecular weight excluding hydrogens is 220 g/mol. The zero-order valence-electron chi connectivity index (χ0n) is 12.6. The molecule has 0 unspecified atom stereocenters. The molecular formula is C16H32N2. The Morgan fingerprint density at radius 1 is 0.778 bits per heavy atom. The molecule has 1 spiro atoms. The number of rotatable bonds is 7. The van der Waals surface area contributed by atoms with Crippen molar-refractivity contribution in [2.75, 3.05) is 39.3 Å². The second-order valence-corrected chi connectivity index (χ2v) is 6.61. The third-order valence-electron chi connectivity index (χ3n) is 4.90. The fourth-order valence-electron chi connectivity index (χ4n) is 3.71. The number of hydrogen-bond donors (Lipinski definition) is 0. The summed E-state index contributed by atoms with van der Waals surface area (Å²) in [5.41, 5.74) is 0.731. The Hall–Kier alpha value is -0.0800. The Bertz CT molecular complexity index is 223. The fraction of sp³-hybridized carbons (Fsp3) is 1.00. The van der Waals surface area contributed by atoms with Gasteiger partial charge in [0, 0.05) is 13.1 Å². The molecule has 2 rings (SSSR count). The number of likely N-dealkylation sites (tertiary alicyclic amines) is 2. The summed E-state index contributed by atoms with van der Waals surface area (Å²) in [5, 5.41) is 0. The minimum Gasteiger partial charge on any atom is -0.303 e. The van der Waals surface area contributed by atoms with Crippen molar-refractivity contribution in [1.82, 2.24) is 9.80 Å². The molecule has 0 amide bonds. The summed E-state index contributed by atoms with van der Waals surface area (Å²) < 4.78 is 0. The van der Waals surface area contributed by atoms with Crippen molar-refractivity contribution in [3.63, 3.8) is 0 Å². The maximum atomic E-state index is 2.70. The van der Waals surface area contributed by atoms with E-state index in [0.29, 0.717) is 0 Å². The van der Waals surface area contributed by atoms with Crippen LogP contribution in [0.5, 0.6) is 0 Å². The van der Waals surface area contributed by atoms with Crippen molar-refractivity contribution < 1.29 is 0 Å². The Morgan fingerprint density at radius 3 is 2.11 bits per heavy atom. The van der Waals surface area contributed by atoms with E-state index in [4.69, 9.17) is 0 Å². The lowest BCUT2D eigenvalue weighted by Crippen LogP contribution is -2.60. The van der Waals surface area contributed by atoms with Crippen LogP contribution in [0.4, 0.5) is 0 Å². The van der Waals surface area contributed by atoms with Gasteiger partial charge in [0.2, 0.25) is 0 Å². The minimum atomic E-state index is 0.731. The molecule has 0 aromatic rings. The highest BCUT2D eigenvalue weighted by Gasteiger charge is 2.43. The molecule has 18 heavy (non-hydrogen) atoms. The highest BCUT2D eigenvalue weighted by atomic mass is 15.2. The van der Waals surface area contributed by atoms with Crippen molar-refractivity contribution in [3.8, 4) is 0 Å². The summed E-state index contributed by atoms with van der Waals surface area (Å²) in [4.78, 5) is 5.36. The van der Waals surface area contributed by atoms with Gasteiger partial charge in [-0.15, -0.1) is 0 Å². The van der Waals surface area contributed by atoms with Gasteiger partial charge in [0.25, 0.3) is 0 Å². The first-order valence-electron chi connectivity index (χ1n) is 8.23. The van der Waals surface area contributed by atoms with Crippen molar-refractivity contribution in [1.29, 1.82) is 0 Å². The average molecular weight is 252 g/mol. The molecule has 2 heterocycles. The molecule has 0 radical (unpaired) electrons. The van der Waals surface area contributed by atoms with Crippen LogP contribution >= 0.6 is 0 Å². The molecule has 106 valence electrons. The van der Waals surface area contributed by atoms with Gasteiger partial charge >= 0.3 is 0 Å². The van der Waals surface area contributed by atoms with E-state index in [2.05, 4.69) is 23.6 Å². The van der Waals surface area contributed by atoms with Gasteiger partial charge in [-0.25, -0.2) is 0 Å². The normalized spacial score (nSPS) is 24.3. The number of nitrogens with zero attached hydrogens (tertiary/aromatic N) is 2. The molecule has 2 heteroatoms. The van der Waals surface area contributed by atoms with Gasteiger partial charge in [0.1, 0.15) is 0 Å². The van der Waals surface area contributed by atoms with Gasteiger partial charge in [-0.2, -0.15) is 0 Å². The van der Waals surface area contributed by atoms with Crippen LogP contribution in [0.2, 0.25) is 0 Å². The van der Waals surface area contributed by atoms with Gasteiger partial charge < -0.3 is 9.80 Å². The Labute approximate surface area is 114 Å². The van der Waals surface area contributed by atoms with Crippen molar-refractivity contribution in [2.45, 2.75) is 58.8 Å². The maximum Gasteiger partial charge on any atom is 0.00514 e. The lowest BCUT2D eigenvalue weighted by atomic mass is 9.72. The summed E-state index contributed by atoms with van der Waals surface area (Å²) in [5.74, 6) is 0. The predicted octanol–water partition coefficient (Wildman–Crippen LogP) is 3.37. The number of piperidine rings is 1. The topological polar surface area (TPSA) is 6.48 Å². The van der Waals surface area contributed by atoms with Gasteiger partial charge in [-0.05, 0) is 57.3 Å². The minimum absolute atomic E-state index is 0.731. The molecule has 0 N–H and O–H groups in total. The molecule has 0 aromatic heterocycles. The molecule has 2 saturated heterocycles. The molecule has 0 aliphatic carbocycles. The van der Waals surface area contributed by atoms with Gasteiger partial charge in [0.05, 0.1) is 0 Å². The van der Waals surface area contributed by atoms with Crippen LogP contribution in [0, 0.1) is 5.41 Å². The highest BCUT2D eigenvalue weighted by molar-refractivity contribution is 4.97. The largest absolute Gasteiger partial charge is 0.303 e. The van der Waals surface area contributed by atoms with E-state index in [0.717, 1.165) is 5.41 Å². The van der Waals surface area contributed by atoms with Crippen LogP contribution in [-0.2, 0) is 0 Å². The van der Waals surface area contributed by atoms with Crippen LogP contribution in [0.3, 0.4) is 0 Å². The van der Waals surface area contributed by atoms with Crippen molar-refractivity contribution in [3.05, 3.63) is 0 Å². The second kappa shape index (κ2) is 6.91. The van der Waals surface area contributed by atoms with E-state index in [1.54, 1.807) is 0 Å². The van der Waals surface area contributed by atoms with Crippen molar-refractivity contribution in [2.24, 2.45) is 5.41 Å². The first kappa shape index (κ1) is 14.3. The average Bonchev–Trinajstić information content (AvgIpc) is 2.35. The Kier molecular flexibility index (Phi) is 5.50. The Balaban J connectivity index is 1.57. The van der Waals surface area contributed by atoms with E-state index >= 15 is 0 Å². The first-order chi connectivity index (χ1) is 8.78. The Morgan fingerprint density at radius 2 is 1.50 bits per heavy atom. The van der Waals surface area contributed by atoms with Crippen molar-refractivity contribution >= 4 is 0 Å². The van der Waals surface area contributed by atoms with Crippen LogP contribution in [0.15, 0.2) is 0 Å². The smallest absolute Gasteiger partial charge is 0.00514 e. The maximum absolute atomic E-state index is 2.70. The summed E-state index contributed by atoms with van der Waals surface area (Å²) in [7, 11) is 0. The molecule has 2 fully saturated rings. The summed E-state index contributed by atoms with van der Waals surface area (Å²) in [6, 6.07) is 0. The van der Waals surface area contributed by atoms with E-state index < -0.39 is 0 Å². The predicted molar refractivity (Wildman–Crippen MR) is 79.0 cm³/mol. The third kappa shape index (κ3) is 3.71. The van der Waals surface area contributed by atoms with Gasteiger partial charge in [-0.3, -0.25) is 0 Å². The lowest BCUT2D eigenvalue weighted by molar-refractivity contribution is -0.0467. The first-order valence-corrected chi connectivity index (χ1v) is 8.23. The van der Waals surface area contributed by atoms with Crippen LogP contribution < -0.4 is 0 Å². The SMILES string of the molecule is CCCCCCN1CC2(CCN(CCC)CC2)C1. The molecule has 2 aliphatic heterocycles. The van der Waals surface area contributed by atoms with E-state index in [-0.39, 0.29) is 0 Å². The zero-order valence-corrected chi connectivity index (χ0v) is 12.6. The monoisotopic (exact) mass is 252 g/mol. The van der Waals surface area contributed by atoms with Crippen LogP contribution in [0.25, 0.3) is 0 Å². The van der Waals surface area contributed by atoms with E-state index in [1.807, 2.05) is 0 Å². The van der Waals surface area contributed by atoms with Gasteiger partial charge in [-0.1, -0.05) is 33.1 Å². The molecule has 0 atom stereocenters.